The average molecular weight is 381 g/mol. The summed E-state index contributed by atoms with van der Waals surface area (Å²) in [5.41, 5.74) is 2.23. The number of carbonyl (C=O) groups is 1. The largest absolute Gasteiger partial charge is 0.371 e. The lowest BCUT2D eigenvalue weighted by molar-refractivity contribution is -0.122. The summed E-state index contributed by atoms with van der Waals surface area (Å²) in [6, 6.07) is 17.4. The fourth-order valence-electron chi connectivity index (χ4n) is 4.48. The topological polar surface area (TPSA) is 35.6 Å². The highest BCUT2D eigenvalue weighted by molar-refractivity contribution is 5.78. The predicted octanol–water partition coefficient (Wildman–Crippen LogP) is 3.61. The standard InChI is InChI=1S/C23H28FN3O/c24-20-7-4-6-19(14-20)22-10-5-12-27(22)17-23(28)25-15-18-11-13-26(16-18)21-8-2-1-3-9-21/h1-4,6-9,14,18,22H,5,10-13,15-17H2,(H,25,28)/t18-,22-/m0/s1. The van der Waals surface area contributed by atoms with Gasteiger partial charge in [-0.25, -0.2) is 4.39 Å². The zero-order chi connectivity index (χ0) is 19.3. The molecule has 2 saturated heterocycles. The van der Waals surface area contributed by atoms with Crippen molar-refractivity contribution in [3.8, 4) is 0 Å². The van der Waals surface area contributed by atoms with E-state index in [1.165, 1.54) is 11.8 Å². The molecule has 0 radical (unpaired) electrons. The Kier molecular flexibility index (Phi) is 5.91. The molecule has 148 valence electrons. The van der Waals surface area contributed by atoms with Gasteiger partial charge in [-0.1, -0.05) is 30.3 Å². The molecule has 2 aliphatic heterocycles. The van der Waals surface area contributed by atoms with Crippen LogP contribution in [0.1, 0.15) is 30.9 Å². The Morgan fingerprint density at radius 2 is 1.93 bits per heavy atom. The van der Waals surface area contributed by atoms with E-state index in [1.807, 2.05) is 12.1 Å². The van der Waals surface area contributed by atoms with Crippen molar-refractivity contribution in [1.29, 1.82) is 0 Å². The van der Waals surface area contributed by atoms with Gasteiger partial charge in [0.1, 0.15) is 5.82 Å². The van der Waals surface area contributed by atoms with Gasteiger partial charge in [0.15, 0.2) is 0 Å². The highest BCUT2D eigenvalue weighted by atomic mass is 19.1. The minimum Gasteiger partial charge on any atom is -0.371 e. The second kappa shape index (κ2) is 8.74. The van der Waals surface area contributed by atoms with Crippen LogP contribution in [0.25, 0.3) is 0 Å². The Labute approximate surface area is 166 Å². The molecular weight excluding hydrogens is 353 g/mol. The Balaban J connectivity index is 1.26. The normalized spacial score (nSPS) is 22.5. The van der Waals surface area contributed by atoms with E-state index in [-0.39, 0.29) is 17.8 Å². The number of halogens is 1. The molecule has 5 heteroatoms. The van der Waals surface area contributed by atoms with Gasteiger partial charge in [0.05, 0.1) is 6.54 Å². The third-order valence-corrected chi connectivity index (χ3v) is 5.94. The van der Waals surface area contributed by atoms with Crippen LogP contribution in [0, 0.1) is 11.7 Å². The zero-order valence-electron chi connectivity index (χ0n) is 16.2. The van der Waals surface area contributed by atoms with Crippen molar-refractivity contribution < 1.29 is 9.18 Å². The van der Waals surface area contributed by atoms with E-state index in [9.17, 15) is 9.18 Å². The molecule has 4 rings (SSSR count). The smallest absolute Gasteiger partial charge is 0.234 e. The third kappa shape index (κ3) is 4.53. The number of likely N-dealkylation sites (tertiary alicyclic amines) is 1. The number of benzene rings is 2. The highest BCUT2D eigenvalue weighted by Gasteiger charge is 2.28. The summed E-state index contributed by atoms with van der Waals surface area (Å²) in [5, 5.41) is 3.13. The molecule has 0 spiro atoms. The van der Waals surface area contributed by atoms with Crippen molar-refractivity contribution in [3.05, 3.63) is 66.0 Å². The first-order chi connectivity index (χ1) is 13.7. The summed E-state index contributed by atoms with van der Waals surface area (Å²) in [6.45, 7) is 4.02. The van der Waals surface area contributed by atoms with E-state index in [2.05, 4.69) is 39.4 Å². The summed E-state index contributed by atoms with van der Waals surface area (Å²) in [4.78, 5) is 17.1. The fourth-order valence-corrected chi connectivity index (χ4v) is 4.48. The molecule has 0 aromatic heterocycles. The quantitative estimate of drug-likeness (QED) is 0.830. The van der Waals surface area contributed by atoms with Crippen LogP contribution in [-0.2, 0) is 4.79 Å². The van der Waals surface area contributed by atoms with Gasteiger partial charge in [-0.2, -0.15) is 0 Å². The number of nitrogens with zero attached hydrogens (tertiary/aromatic N) is 2. The molecule has 1 N–H and O–H groups in total. The van der Waals surface area contributed by atoms with E-state index >= 15 is 0 Å². The maximum atomic E-state index is 13.6. The van der Waals surface area contributed by atoms with Gasteiger partial charge in [0.25, 0.3) is 0 Å². The SMILES string of the molecule is O=C(CN1CCC[C@H]1c1cccc(F)c1)NC[C@@H]1CCN(c2ccccc2)C1. The third-order valence-electron chi connectivity index (χ3n) is 5.94. The fraction of sp³-hybridized carbons (Fsp3) is 0.435. The van der Waals surface area contributed by atoms with E-state index < -0.39 is 0 Å². The summed E-state index contributed by atoms with van der Waals surface area (Å²) >= 11 is 0. The second-order valence-electron chi connectivity index (χ2n) is 7.92. The first-order valence-corrected chi connectivity index (χ1v) is 10.3. The molecule has 2 atom stereocenters. The van der Waals surface area contributed by atoms with Gasteiger partial charge in [-0.15, -0.1) is 0 Å². The van der Waals surface area contributed by atoms with E-state index in [0.717, 1.165) is 51.0 Å². The van der Waals surface area contributed by atoms with Crippen LogP contribution in [0.5, 0.6) is 0 Å². The molecule has 2 heterocycles. The summed E-state index contributed by atoms with van der Waals surface area (Å²) < 4.78 is 13.6. The molecule has 28 heavy (non-hydrogen) atoms. The Morgan fingerprint density at radius 3 is 2.75 bits per heavy atom. The molecule has 2 aliphatic rings. The van der Waals surface area contributed by atoms with E-state index in [1.54, 1.807) is 12.1 Å². The monoisotopic (exact) mass is 381 g/mol. The van der Waals surface area contributed by atoms with Crippen molar-refractivity contribution in [2.45, 2.75) is 25.3 Å². The number of hydrogen-bond acceptors (Lipinski definition) is 3. The number of anilines is 1. The van der Waals surface area contributed by atoms with Crippen LogP contribution in [0.2, 0.25) is 0 Å². The highest BCUT2D eigenvalue weighted by Crippen LogP contribution is 2.31. The average Bonchev–Trinajstić information content (AvgIpc) is 3.37. The molecule has 2 aromatic rings. The van der Waals surface area contributed by atoms with Gasteiger partial charge >= 0.3 is 0 Å². The zero-order valence-corrected chi connectivity index (χ0v) is 16.2. The molecule has 0 saturated carbocycles. The van der Waals surface area contributed by atoms with E-state index in [4.69, 9.17) is 0 Å². The number of para-hydroxylation sites is 1. The molecule has 0 bridgehead atoms. The lowest BCUT2D eigenvalue weighted by atomic mass is 10.0. The number of nitrogens with one attached hydrogen (secondary N) is 1. The summed E-state index contributed by atoms with van der Waals surface area (Å²) in [6.07, 6.45) is 3.12. The molecule has 0 unspecified atom stereocenters. The summed E-state index contributed by atoms with van der Waals surface area (Å²) in [5.74, 6) is 0.348. The van der Waals surface area contributed by atoms with Gasteiger partial charge in [0, 0.05) is 31.4 Å². The van der Waals surface area contributed by atoms with Gasteiger partial charge < -0.3 is 10.2 Å². The van der Waals surface area contributed by atoms with Gasteiger partial charge in [0.2, 0.25) is 5.91 Å². The maximum Gasteiger partial charge on any atom is 0.234 e. The van der Waals surface area contributed by atoms with Crippen LogP contribution in [-0.4, -0.2) is 43.5 Å². The number of amides is 1. The molecule has 4 nitrogen and oxygen atoms in total. The molecule has 2 aromatic carbocycles. The second-order valence-corrected chi connectivity index (χ2v) is 7.92. The first kappa shape index (κ1) is 18.9. The Bertz CT molecular complexity index is 797. The first-order valence-electron chi connectivity index (χ1n) is 10.3. The van der Waals surface area contributed by atoms with Gasteiger partial charge in [-0.3, -0.25) is 9.69 Å². The van der Waals surface area contributed by atoms with Crippen molar-refractivity contribution >= 4 is 11.6 Å². The van der Waals surface area contributed by atoms with Gasteiger partial charge in [-0.05, 0) is 61.6 Å². The van der Waals surface area contributed by atoms with E-state index in [0.29, 0.717) is 12.5 Å². The van der Waals surface area contributed by atoms with Crippen LogP contribution in [0.15, 0.2) is 54.6 Å². The van der Waals surface area contributed by atoms with Crippen molar-refractivity contribution in [1.82, 2.24) is 10.2 Å². The Hall–Kier alpha value is -2.40. The minimum atomic E-state index is -0.210. The minimum absolute atomic E-state index is 0.0708. The lowest BCUT2D eigenvalue weighted by Gasteiger charge is -2.24. The molecule has 0 aliphatic carbocycles. The molecule has 1 amide bonds. The number of carbonyl (C=O) groups excluding carboxylic acids is 1. The Morgan fingerprint density at radius 1 is 1.07 bits per heavy atom. The van der Waals surface area contributed by atoms with Crippen LogP contribution in [0.3, 0.4) is 0 Å². The van der Waals surface area contributed by atoms with Crippen molar-refractivity contribution in [2.24, 2.45) is 5.92 Å². The number of hydrogen-bond donors (Lipinski definition) is 1. The van der Waals surface area contributed by atoms with Crippen molar-refractivity contribution in [2.75, 3.05) is 37.6 Å². The van der Waals surface area contributed by atoms with Crippen LogP contribution >= 0.6 is 0 Å². The number of rotatable bonds is 6. The summed E-state index contributed by atoms with van der Waals surface area (Å²) in [7, 11) is 0. The van der Waals surface area contributed by atoms with Crippen LogP contribution in [0.4, 0.5) is 10.1 Å². The van der Waals surface area contributed by atoms with Crippen molar-refractivity contribution in [3.63, 3.8) is 0 Å². The lowest BCUT2D eigenvalue weighted by Crippen LogP contribution is -2.39. The molecule has 2 fully saturated rings. The van der Waals surface area contributed by atoms with Crippen LogP contribution < -0.4 is 10.2 Å². The molecular formula is C23H28FN3O. The maximum absolute atomic E-state index is 13.6. The predicted molar refractivity (Wildman–Crippen MR) is 110 cm³/mol.